The summed E-state index contributed by atoms with van der Waals surface area (Å²) in [7, 11) is 0. The quantitative estimate of drug-likeness (QED) is 0.634. The van der Waals surface area contributed by atoms with Crippen LogP contribution >= 0.6 is 11.8 Å². The van der Waals surface area contributed by atoms with Crippen molar-refractivity contribution in [1.29, 1.82) is 0 Å². The van der Waals surface area contributed by atoms with E-state index in [4.69, 9.17) is 4.52 Å². The number of nitrogens with zero attached hydrogens (tertiary/aromatic N) is 1. The van der Waals surface area contributed by atoms with E-state index in [0.29, 0.717) is 39.4 Å². The highest BCUT2D eigenvalue weighted by atomic mass is 32.2. The van der Waals surface area contributed by atoms with Gasteiger partial charge >= 0.3 is 0 Å². The molecule has 3 aromatic rings. The summed E-state index contributed by atoms with van der Waals surface area (Å²) in [5.41, 5.74) is 2.08. The zero-order valence-electron chi connectivity index (χ0n) is 13.2. The van der Waals surface area contributed by atoms with E-state index in [-0.39, 0.29) is 5.91 Å². The standard InChI is InChI=1S/C18H14F2N2O2S/c1-11-15(16(22-24-11)12-5-3-2-4-6-12)17(23)21-13-7-9-14(10-8-13)25-18(19)20/h2-10,18H,1H3,(H,21,23). The van der Waals surface area contributed by atoms with Crippen molar-refractivity contribution in [2.24, 2.45) is 0 Å². The molecule has 0 unspecified atom stereocenters. The number of aromatic nitrogens is 1. The smallest absolute Gasteiger partial charge is 0.288 e. The number of aryl methyl sites for hydroxylation is 1. The van der Waals surface area contributed by atoms with Gasteiger partial charge in [-0.1, -0.05) is 47.3 Å². The predicted octanol–water partition coefficient (Wildman–Crippen LogP) is 5.22. The summed E-state index contributed by atoms with van der Waals surface area (Å²) < 4.78 is 29.9. The summed E-state index contributed by atoms with van der Waals surface area (Å²) in [6.07, 6.45) is 0. The maximum Gasteiger partial charge on any atom is 0.288 e. The second kappa shape index (κ2) is 7.48. The number of hydrogen-bond acceptors (Lipinski definition) is 4. The van der Waals surface area contributed by atoms with Gasteiger partial charge in [0.05, 0.1) is 0 Å². The lowest BCUT2D eigenvalue weighted by Crippen LogP contribution is -2.13. The van der Waals surface area contributed by atoms with Crippen LogP contribution in [0.4, 0.5) is 14.5 Å². The average molecular weight is 360 g/mol. The molecule has 1 amide bonds. The topological polar surface area (TPSA) is 55.1 Å². The van der Waals surface area contributed by atoms with Crippen LogP contribution in [0.15, 0.2) is 64.0 Å². The second-order valence-corrected chi connectivity index (χ2v) is 6.25. The fourth-order valence-electron chi connectivity index (χ4n) is 2.35. The molecular formula is C18H14F2N2O2S. The highest BCUT2D eigenvalue weighted by Crippen LogP contribution is 2.28. The highest BCUT2D eigenvalue weighted by Gasteiger charge is 2.21. The summed E-state index contributed by atoms with van der Waals surface area (Å²) >= 11 is 0.455. The molecule has 2 aromatic carbocycles. The Balaban J connectivity index is 1.81. The van der Waals surface area contributed by atoms with Gasteiger partial charge in [0.15, 0.2) is 0 Å². The lowest BCUT2D eigenvalue weighted by molar-refractivity contribution is 0.102. The molecule has 25 heavy (non-hydrogen) atoms. The molecule has 4 nitrogen and oxygen atoms in total. The summed E-state index contributed by atoms with van der Waals surface area (Å²) in [5, 5.41) is 6.71. The molecule has 0 atom stereocenters. The maximum absolute atomic E-state index is 12.6. The van der Waals surface area contributed by atoms with E-state index in [2.05, 4.69) is 10.5 Å². The molecule has 1 heterocycles. The molecule has 1 N–H and O–H groups in total. The summed E-state index contributed by atoms with van der Waals surface area (Å²) in [5.74, 6) is -2.44. The number of benzene rings is 2. The zero-order valence-corrected chi connectivity index (χ0v) is 14.0. The van der Waals surface area contributed by atoms with Crippen LogP contribution in [0.3, 0.4) is 0 Å². The SMILES string of the molecule is Cc1onc(-c2ccccc2)c1C(=O)Nc1ccc(SC(F)F)cc1. The van der Waals surface area contributed by atoms with Crippen LogP contribution in [0, 0.1) is 6.92 Å². The van der Waals surface area contributed by atoms with Crippen LogP contribution in [0.2, 0.25) is 0 Å². The summed E-state index contributed by atoms with van der Waals surface area (Å²) in [6.45, 7) is 1.66. The van der Waals surface area contributed by atoms with Crippen LogP contribution < -0.4 is 5.32 Å². The number of thioether (sulfide) groups is 1. The van der Waals surface area contributed by atoms with Gasteiger partial charge in [-0.15, -0.1) is 0 Å². The van der Waals surface area contributed by atoms with E-state index >= 15 is 0 Å². The monoisotopic (exact) mass is 360 g/mol. The van der Waals surface area contributed by atoms with E-state index in [1.54, 1.807) is 19.1 Å². The number of rotatable bonds is 5. The number of anilines is 1. The predicted molar refractivity (Wildman–Crippen MR) is 92.9 cm³/mol. The summed E-state index contributed by atoms with van der Waals surface area (Å²) in [4.78, 5) is 13.0. The Kier molecular flexibility index (Phi) is 5.14. The van der Waals surface area contributed by atoms with Crippen molar-refractivity contribution in [1.82, 2.24) is 5.16 Å². The fraction of sp³-hybridized carbons (Fsp3) is 0.111. The van der Waals surface area contributed by atoms with Crippen LogP contribution in [0.1, 0.15) is 16.1 Å². The molecule has 0 spiro atoms. The Morgan fingerprint density at radius 1 is 1.12 bits per heavy atom. The fourth-order valence-corrected chi connectivity index (χ4v) is 2.84. The Morgan fingerprint density at radius 2 is 1.80 bits per heavy atom. The van der Waals surface area contributed by atoms with Gasteiger partial charge < -0.3 is 9.84 Å². The van der Waals surface area contributed by atoms with Crippen molar-refractivity contribution in [3.63, 3.8) is 0 Å². The molecule has 0 aliphatic heterocycles. The van der Waals surface area contributed by atoms with Crippen LogP contribution in [0.25, 0.3) is 11.3 Å². The van der Waals surface area contributed by atoms with Gasteiger partial charge in [-0.3, -0.25) is 4.79 Å². The lowest BCUT2D eigenvalue weighted by atomic mass is 10.1. The van der Waals surface area contributed by atoms with Crippen molar-refractivity contribution < 1.29 is 18.1 Å². The first-order valence-corrected chi connectivity index (χ1v) is 8.30. The van der Waals surface area contributed by atoms with Crippen molar-refractivity contribution in [3.8, 4) is 11.3 Å². The minimum Gasteiger partial charge on any atom is -0.360 e. The van der Waals surface area contributed by atoms with Crippen molar-refractivity contribution in [2.75, 3.05) is 5.32 Å². The first-order chi connectivity index (χ1) is 12.0. The van der Waals surface area contributed by atoms with E-state index in [1.807, 2.05) is 30.3 Å². The Morgan fingerprint density at radius 3 is 2.44 bits per heavy atom. The maximum atomic E-state index is 12.6. The number of alkyl halides is 2. The molecule has 7 heteroatoms. The average Bonchev–Trinajstić information content (AvgIpc) is 2.99. The molecule has 0 saturated carbocycles. The molecule has 0 aliphatic rings. The number of nitrogens with one attached hydrogen (secondary N) is 1. The third kappa shape index (κ3) is 4.06. The van der Waals surface area contributed by atoms with Crippen LogP contribution in [-0.4, -0.2) is 16.8 Å². The van der Waals surface area contributed by atoms with E-state index in [1.165, 1.54) is 12.1 Å². The number of hydrogen-bond donors (Lipinski definition) is 1. The molecule has 128 valence electrons. The third-order valence-corrected chi connectivity index (χ3v) is 4.20. The zero-order chi connectivity index (χ0) is 17.8. The Hall–Kier alpha value is -2.67. The molecule has 0 bridgehead atoms. The molecule has 0 fully saturated rings. The third-order valence-electron chi connectivity index (χ3n) is 3.47. The number of carbonyl (C=O) groups is 1. The van der Waals surface area contributed by atoms with Gasteiger partial charge in [0.2, 0.25) is 0 Å². The Labute approximate surface area is 147 Å². The van der Waals surface area contributed by atoms with Crippen LogP contribution in [-0.2, 0) is 0 Å². The first-order valence-electron chi connectivity index (χ1n) is 7.42. The largest absolute Gasteiger partial charge is 0.360 e. The van der Waals surface area contributed by atoms with Crippen LogP contribution in [0.5, 0.6) is 0 Å². The van der Waals surface area contributed by atoms with Gasteiger partial charge in [-0.25, -0.2) is 0 Å². The molecular weight excluding hydrogens is 346 g/mol. The van der Waals surface area contributed by atoms with Crippen molar-refractivity contribution in [3.05, 3.63) is 65.9 Å². The number of carbonyl (C=O) groups excluding carboxylic acids is 1. The normalized spacial score (nSPS) is 10.9. The second-order valence-electron chi connectivity index (χ2n) is 5.19. The van der Waals surface area contributed by atoms with E-state index in [0.717, 1.165) is 5.56 Å². The molecule has 0 saturated heterocycles. The van der Waals surface area contributed by atoms with Gasteiger partial charge in [-0.05, 0) is 31.2 Å². The van der Waals surface area contributed by atoms with E-state index < -0.39 is 5.76 Å². The van der Waals surface area contributed by atoms with Gasteiger partial charge in [-0.2, -0.15) is 8.78 Å². The molecule has 0 radical (unpaired) electrons. The highest BCUT2D eigenvalue weighted by molar-refractivity contribution is 7.99. The van der Waals surface area contributed by atoms with Crippen molar-refractivity contribution >= 4 is 23.4 Å². The number of amides is 1. The van der Waals surface area contributed by atoms with Crippen molar-refractivity contribution in [2.45, 2.75) is 17.6 Å². The van der Waals surface area contributed by atoms with Gasteiger partial charge in [0, 0.05) is 16.1 Å². The molecule has 3 rings (SSSR count). The minimum atomic E-state index is -2.48. The minimum absolute atomic E-state index is 0.345. The lowest BCUT2D eigenvalue weighted by Gasteiger charge is -2.07. The van der Waals surface area contributed by atoms with Gasteiger partial charge in [0.1, 0.15) is 17.0 Å². The Bertz CT molecular complexity index is 865. The first kappa shape index (κ1) is 17.2. The number of halogens is 2. The molecule has 0 aliphatic carbocycles. The van der Waals surface area contributed by atoms with E-state index in [9.17, 15) is 13.6 Å². The van der Waals surface area contributed by atoms with Gasteiger partial charge in [0.25, 0.3) is 11.7 Å². The summed E-state index contributed by atoms with van der Waals surface area (Å²) in [6, 6.07) is 15.5. The molecule has 1 aromatic heterocycles.